The van der Waals surface area contributed by atoms with Crippen LogP contribution in [0.2, 0.25) is 5.02 Å². The van der Waals surface area contributed by atoms with Crippen LogP contribution in [0.1, 0.15) is 44.0 Å². The summed E-state index contributed by atoms with van der Waals surface area (Å²) < 4.78 is 0. The van der Waals surface area contributed by atoms with Crippen molar-refractivity contribution in [2.24, 2.45) is 5.92 Å². The molecule has 112 valence electrons. The van der Waals surface area contributed by atoms with Gasteiger partial charge < -0.3 is 15.7 Å². The number of aromatic carboxylic acids is 1. The summed E-state index contributed by atoms with van der Waals surface area (Å²) in [5, 5.41) is 9.76. The van der Waals surface area contributed by atoms with E-state index in [0.717, 1.165) is 19.4 Å². The lowest BCUT2D eigenvalue weighted by molar-refractivity contribution is 0.0697. The van der Waals surface area contributed by atoms with Crippen LogP contribution in [0.4, 0.5) is 11.4 Å². The molecule has 0 fully saturated rings. The number of hydrogen-bond acceptors (Lipinski definition) is 3. The maximum absolute atomic E-state index is 11.4. The predicted molar refractivity (Wildman–Crippen MR) is 84.8 cm³/mol. The number of carboxylic acids is 1. The third-order valence-electron chi connectivity index (χ3n) is 3.65. The summed E-state index contributed by atoms with van der Waals surface area (Å²) in [6, 6.07) is 3.08. The monoisotopic (exact) mass is 298 g/mol. The smallest absolute Gasteiger partial charge is 0.337 e. The van der Waals surface area contributed by atoms with E-state index in [9.17, 15) is 9.90 Å². The fourth-order valence-corrected chi connectivity index (χ4v) is 2.69. The van der Waals surface area contributed by atoms with Crippen molar-refractivity contribution in [3.8, 4) is 0 Å². The highest BCUT2D eigenvalue weighted by Gasteiger charge is 2.21. The maximum atomic E-state index is 11.4. The number of rotatable bonds is 7. The van der Waals surface area contributed by atoms with Gasteiger partial charge in [0.2, 0.25) is 0 Å². The van der Waals surface area contributed by atoms with E-state index in [4.69, 9.17) is 17.3 Å². The molecule has 0 aliphatic carbocycles. The minimum Gasteiger partial charge on any atom is -0.478 e. The average molecular weight is 299 g/mol. The Morgan fingerprint density at radius 1 is 1.35 bits per heavy atom. The van der Waals surface area contributed by atoms with Gasteiger partial charge in [-0.2, -0.15) is 0 Å². The van der Waals surface area contributed by atoms with Gasteiger partial charge in [-0.1, -0.05) is 38.3 Å². The molecule has 1 aromatic carbocycles. The van der Waals surface area contributed by atoms with Crippen molar-refractivity contribution < 1.29 is 9.90 Å². The quantitative estimate of drug-likeness (QED) is 0.750. The lowest BCUT2D eigenvalue weighted by Crippen LogP contribution is -2.30. The van der Waals surface area contributed by atoms with Crippen LogP contribution in [0.3, 0.4) is 0 Å². The zero-order valence-electron chi connectivity index (χ0n) is 12.3. The second kappa shape index (κ2) is 7.39. The van der Waals surface area contributed by atoms with E-state index in [-0.39, 0.29) is 5.56 Å². The molecule has 0 radical (unpaired) electrons. The number of nitrogens with two attached hydrogens (primary N) is 1. The molecule has 0 heterocycles. The fourth-order valence-electron chi connectivity index (χ4n) is 2.34. The highest BCUT2D eigenvalue weighted by Crippen LogP contribution is 2.33. The SMILES string of the molecule is CCC(CC)CN(CC)c1c(Cl)cc(N)cc1C(=O)O. The maximum Gasteiger partial charge on any atom is 0.337 e. The van der Waals surface area contributed by atoms with Crippen molar-refractivity contribution in [3.05, 3.63) is 22.7 Å². The van der Waals surface area contributed by atoms with Crippen LogP contribution >= 0.6 is 11.6 Å². The van der Waals surface area contributed by atoms with E-state index < -0.39 is 5.97 Å². The second-order valence-electron chi connectivity index (χ2n) is 4.93. The summed E-state index contributed by atoms with van der Waals surface area (Å²) >= 11 is 6.24. The zero-order valence-corrected chi connectivity index (χ0v) is 13.1. The van der Waals surface area contributed by atoms with Crippen molar-refractivity contribution in [2.75, 3.05) is 23.7 Å². The molecule has 20 heavy (non-hydrogen) atoms. The van der Waals surface area contributed by atoms with Crippen molar-refractivity contribution in [1.82, 2.24) is 0 Å². The molecule has 0 amide bonds. The molecule has 5 heteroatoms. The van der Waals surface area contributed by atoms with E-state index in [2.05, 4.69) is 13.8 Å². The van der Waals surface area contributed by atoms with Crippen LogP contribution in [0, 0.1) is 5.92 Å². The van der Waals surface area contributed by atoms with Gasteiger partial charge in [0.15, 0.2) is 0 Å². The van der Waals surface area contributed by atoms with Gasteiger partial charge in [0.05, 0.1) is 16.3 Å². The number of hydrogen-bond donors (Lipinski definition) is 2. The van der Waals surface area contributed by atoms with E-state index in [1.165, 1.54) is 6.07 Å². The van der Waals surface area contributed by atoms with Crippen LogP contribution in [-0.4, -0.2) is 24.2 Å². The Morgan fingerprint density at radius 3 is 2.40 bits per heavy atom. The van der Waals surface area contributed by atoms with Crippen LogP contribution in [0.5, 0.6) is 0 Å². The van der Waals surface area contributed by atoms with E-state index in [1.54, 1.807) is 6.07 Å². The van der Waals surface area contributed by atoms with Gasteiger partial charge in [-0.25, -0.2) is 4.79 Å². The largest absolute Gasteiger partial charge is 0.478 e. The number of anilines is 2. The Kier molecular flexibility index (Phi) is 6.14. The molecule has 0 atom stereocenters. The van der Waals surface area contributed by atoms with Crippen LogP contribution in [-0.2, 0) is 0 Å². The Hall–Kier alpha value is -1.42. The third kappa shape index (κ3) is 3.79. The van der Waals surface area contributed by atoms with Crippen molar-refractivity contribution in [2.45, 2.75) is 33.6 Å². The molecule has 4 nitrogen and oxygen atoms in total. The number of carboxylic acid groups (broad SMARTS) is 1. The lowest BCUT2D eigenvalue weighted by Gasteiger charge is -2.29. The van der Waals surface area contributed by atoms with Gasteiger partial charge in [0.1, 0.15) is 0 Å². The first-order valence-electron chi connectivity index (χ1n) is 7.01. The van der Waals surface area contributed by atoms with Gasteiger partial charge in [0.25, 0.3) is 0 Å². The molecule has 0 saturated carbocycles. The van der Waals surface area contributed by atoms with E-state index >= 15 is 0 Å². The molecular weight excluding hydrogens is 276 g/mol. The Morgan fingerprint density at radius 2 is 1.95 bits per heavy atom. The Balaban J connectivity index is 3.23. The fraction of sp³-hybridized carbons (Fsp3) is 0.533. The molecule has 0 bridgehead atoms. The topological polar surface area (TPSA) is 66.6 Å². The van der Waals surface area contributed by atoms with Gasteiger partial charge in [0, 0.05) is 18.8 Å². The van der Waals surface area contributed by atoms with Gasteiger partial charge in [-0.15, -0.1) is 0 Å². The molecule has 1 rings (SSSR count). The normalized spacial score (nSPS) is 10.8. The Labute approximate surface area is 125 Å². The van der Waals surface area contributed by atoms with Gasteiger partial charge in [-0.05, 0) is 25.0 Å². The number of halogens is 1. The minimum absolute atomic E-state index is 0.169. The molecule has 0 aromatic heterocycles. The molecule has 1 aromatic rings. The first-order valence-corrected chi connectivity index (χ1v) is 7.39. The summed E-state index contributed by atoms with van der Waals surface area (Å²) in [7, 11) is 0. The first kappa shape index (κ1) is 16.6. The van der Waals surface area contributed by atoms with E-state index in [0.29, 0.717) is 28.9 Å². The van der Waals surface area contributed by atoms with Crippen molar-refractivity contribution >= 4 is 28.9 Å². The standard InChI is InChI=1S/C15H23ClN2O2/c1-4-10(5-2)9-18(6-3)14-12(15(19)20)7-11(17)8-13(14)16/h7-8,10H,4-6,9,17H2,1-3H3,(H,19,20). The molecule has 0 saturated heterocycles. The van der Waals surface area contributed by atoms with Crippen molar-refractivity contribution in [3.63, 3.8) is 0 Å². The number of benzene rings is 1. The summed E-state index contributed by atoms with van der Waals surface area (Å²) in [6.45, 7) is 7.80. The summed E-state index contributed by atoms with van der Waals surface area (Å²) in [5.74, 6) is -0.484. The molecule has 0 aliphatic rings. The van der Waals surface area contributed by atoms with Crippen LogP contribution < -0.4 is 10.6 Å². The summed E-state index contributed by atoms with van der Waals surface area (Å²) in [4.78, 5) is 13.5. The molecular formula is C15H23ClN2O2. The van der Waals surface area contributed by atoms with Gasteiger partial charge >= 0.3 is 5.97 Å². The van der Waals surface area contributed by atoms with Crippen molar-refractivity contribution in [1.29, 1.82) is 0 Å². The number of nitrogens with zero attached hydrogens (tertiary/aromatic N) is 1. The van der Waals surface area contributed by atoms with Crippen LogP contribution in [0.15, 0.2) is 12.1 Å². The highest BCUT2D eigenvalue weighted by atomic mass is 35.5. The number of carbonyl (C=O) groups is 1. The average Bonchev–Trinajstić information content (AvgIpc) is 2.40. The lowest BCUT2D eigenvalue weighted by atomic mass is 10.0. The zero-order chi connectivity index (χ0) is 15.3. The first-order chi connectivity index (χ1) is 9.44. The van der Waals surface area contributed by atoms with E-state index in [1.807, 2.05) is 11.8 Å². The second-order valence-corrected chi connectivity index (χ2v) is 5.33. The Bertz CT molecular complexity index is 473. The summed E-state index contributed by atoms with van der Waals surface area (Å²) in [6.07, 6.45) is 2.12. The minimum atomic E-state index is -1.00. The molecule has 0 aliphatic heterocycles. The number of nitrogen functional groups attached to an aromatic ring is 1. The molecule has 0 spiro atoms. The summed E-state index contributed by atoms with van der Waals surface area (Å²) in [5.41, 5.74) is 6.81. The molecule has 3 N–H and O–H groups in total. The third-order valence-corrected chi connectivity index (χ3v) is 3.94. The van der Waals surface area contributed by atoms with Crippen LogP contribution in [0.25, 0.3) is 0 Å². The highest BCUT2D eigenvalue weighted by molar-refractivity contribution is 6.34. The molecule has 0 unspecified atom stereocenters. The predicted octanol–water partition coefficient (Wildman–Crippen LogP) is 3.88. The van der Waals surface area contributed by atoms with Gasteiger partial charge in [-0.3, -0.25) is 0 Å².